The highest BCUT2D eigenvalue weighted by atomic mass is 35.5. The Morgan fingerprint density at radius 3 is 2.07 bits per heavy atom. The first-order chi connectivity index (χ1) is 6.29. The molecule has 1 aromatic heterocycles. The molecule has 14 heavy (non-hydrogen) atoms. The molecule has 9 heteroatoms. The molecule has 0 atom stereocenters. The van der Waals surface area contributed by atoms with Gasteiger partial charge in [-0.15, -0.1) is 21.8 Å². The smallest absolute Gasteiger partial charge is 0.418 e. The summed E-state index contributed by atoms with van der Waals surface area (Å²) in [6.07, 6.45) is -5.76. The Morgan fingerprint density at radius 2 is 1.71 bits per heavy atom. The van der Waals surface area contributed by atoms with Crippen molar-refractivity contribution >= 4 is 11.6 Å². The molecule has 0 amide bonds. The monoisotopic (exact) mass is 236 g/mol. The van der Waals surface area contributed by atoms with E-state index in [1.807, 2.05) is 0 Å². The Bertz CT molecular complexity index is 322. The molecule has 0 saturated heterocycles. The second-order valence-corrected chi connectivity index (χ2v) is 2.47. The van der Waals surface area contributed by atoms with Gasteiger partial charge in [0, 0.05) is 0 Å². The summed E-state index contributed by atoms with van der Waals surface area (Å²) in [5.74, 6) is -7.88. The SMILES string of the molecule is FC(F)(F)C(F)(F)c1nnc(CCl)o1. The Kier molecular flexibility index (Phi) is 2.66. The molecule has 0 unspecified atom stereocenters. The Hall–Kier alpha value is -0.920. The Labute approximate surface area is 78.9 Å². The highest BCUT2D eigenvalue weighted by molar-refractivity contribution is 6.16. The molecule has 0 saturated carbocycles. The van der Waals surface area contributed by atoms with Crippen molar-refractivity contribution in [3.8, 4) is 0 Å². The van der Waals surface area contributed by atoms with Gasteiger partial charge in [-0.3, -0.25) is 0 Å². The molecular formula is C5H2ClF5N2O. The highest BCUT2D eigenvalue weighted by Gasteiger charge is 2.62. The fourth-order valence-corrected chi connectivity index (χ4v) is 0.664. The summed E-state index contributed by atoms with van der Waals surface area (Å²) in [5, 5.41) is 5.44. The van der Waals surface area contributed by atoms with E-state index in [1.165, 1.54) is 0 Å². The molecule has 0 aromatic carbocycles. The zero-order valence-corrected chi connectivity index (χ0v) is 7.03. The Balaban J connectivity index is 3.04. The van der Waals surface area contributed by atoms with Crippen LogP contribution in [0.2, 0.25) is 0 Å². The summed E-state index contributed by atoms with van der Waals surface area (Å²) in [6, 6.07) is 0. The van der Waals surface area contributed by atoms with Gasteiger partial charge >= 0.3 is 12.1 Å². The third-order valence-corrected chi connectivity index (χ3v) is 1.43. The third-order valence-electron chi connectivity index (χ3n) is 1.21. The fourth-order valence-electron chi connectivity index (χ4n) is 0.556. The number of halogens is 6. The third kappa shape index (κ3) is 1.79. The summed E-state index contributed by atoms with van der Waals surface area (Å²) in [5.41, 5.74) is 0. The van der Waals surface area contributed by atoms with Gasteiger partial charge in [-0.1, -0.05) is 0 Å². The van der Waals surface area contributed by atoms with E-state index in [2.05, 4.69) is 14.6 Å². The van der Waals surface area contributed by atoms with E-state index in [0.29, 0.717) is 0 Å². The van der Waals surface area contributed by atoms with Crippen molar-refractivity contribution in [2.45, 2.75) is 18.0 Å². The lowest BCUT2D eigenvalue weighted by Gasteiger charge is -2.14. The van der Waals surface area contributed by atoms with Gasteiger partial charge in [0.1, 0.15) is 5.88 Å². The Morgan fingerprint density at radius 1 is 1.14 bits per heavy atom. The van der Waals surface area contributed by atoms with Crippen molar-refractivity contribution in [2.75, 3.05) is 0 Å². The normalized spacial score (nSPS) is 13.3. The van der Waals surface area contributed by atoms with Gasteiger partial charge in [0.15, 0.2) is 0 Å². The van der Waals surface area contributed by atoms with Crippen molar-refractivity contribution in [1.29, 1.82) is 0 Å². The van der Waals surface area contributed by atoms with E-state index in [4.69, 9.17) is 11.6 Å². The van der Waals surface area contributed by atoms with Crippen LogP contribution in [0.3, 0.4) is 0 Å². The molecule has 0 aliphatic carbocycles. The van der Waals surface area contributed by atoms with Crippen molar-refractivity contribution in [2.24, 2.45) is 0 Å². The first-order valence-corrected chi connectivity index (χ1v) is 3.66. The quantitative estimate of drug-likeness (QED) is 0.585. The van der Waals surface area contributed by atoms with Gasteiger partial charge in [-0.05, 0) is 0 Å². The second-order valence-electron chi connectivity index (χ2n) is 2.21. The molecule has 1 aromatic rings. The van der Waals surface area contributed by atoms with Crippen LogP contribution < -0.4 is 0 Å². The number of alkyl halides is 6. The molecule has 0 bridgehead atoms. The van der Waals surface area contributed by atoms with Crippen LogP contribution in [-0.2, 0) is 11.8 Å². The molecule has 0 spiro atoms. The minimum Gasteiger partial charge on any atom is -0.418 e. The van der Waals surface area contributed by atoms with Crippen molar-refractivity contribution < 1.29 is 26.4 Å². The van der Waals surface area contributed by atoms with Gasteiger partial charge in [-0.25, -0.2) is 0 Å². The molecule has 1 heterocycles. The van der Waals surface area contributed by atoms with Crippen LogP contribution in [0, 0.1) is 0 Å². The van der Waals surface area contributed by atoms with Crippen LogP contribution in [-0.4, -0.2) is 16.4 Å². The lowest BCUT2D eigenvalue weighted by atomic mass is 10.3. The molecule has 0 radical (unpaired) electrons. The zero-order valence-electron chi connectivity index (χ0n) is 6.28. The minimum absolute atomic E-state index is 0.430. The summed E-state index contributed by atoms with van der Waals surface area (Å²) >= 11 is 5.08. The number of hydrogen-bond acceptors (Lipinski definition) is 3. The molecule has 80 valence electrons. The largest absolute Gasteiger partial charge is 0.463 e. The molecule has 0 aliphatic rings. The van der Waals surface area contributed by atoms with E-state index in [0.717, 1.165) is 0 Å². The van der Waals surface area contributed by atoms with Crippen LogP contribution in [0.25, 0.3) is 0 Å². The first kappa shape index (κ1) is 11.2. The first-order valence-electron chi connectivity index (χ1n) is 3.12. The van der Waals surface area contributed by atoms with Crippen LogP contribution in [0.5, 0.6) is 0 Å². The maximum absolute atomic E-state index is 12.4. The average Bonchev–Trinajstić information content (AvgIpc) is 2.49. The van der Waals surface area contributed by atoms with Crippen LogP contribution in [0.1, 0.15) is 11.8 Å². The molecule has 0 N–H and O–H groups in total. The molecule has 3 nitrogen and oxygen atoms in total. The van der Waals surface area contributed by atoms with E-state index in [-0.39, 0.29) is 0 Å². The summed E-state index contributed by atoms with van der Waals surface area (Å²) < 4.78 is 64.1. The van der Waals surface area contributed by atoms with Crippen LogP contribution in [0.15, 0.2) is 4.42 Å². The lowest BCUT2D eigenvalue weighted by Crippen LogP contribution is -2.34. The standard InChI is InChI=1S/C5H2ClF5N2O/c6-1-2-12-13-3(14-2)4(7,8)5(9,10)11/h1H2. The number of nitrogens with zero attached hydrogens (tertiary/aromatic N) is 2. The van der Waals surface area contributed by atoms with Gasteiger partial charge in [0.05, 0.1) is 0 Å². The maximum Gasteiger partial charge on any atom is 0.463 e. The second kappa shape index (κ2) is 3.34. The van der Waals surface area contributed by atoms with Gasteiger partial charge in [-0.2, -0.15) is 22.0 Å². The van der Waals surface area contributed by atoms with Crippen molar-refractivity contribution in [3.63, 3.8) is 0 Å². The molecule has 0 aliphatic heterocycles. The van der Waals surface area contributed by atoms with Crippen LogP contribution in [0.4, 0.5) is 22.0 Å². The number of aromatic nitrogens is 2. The molecular weight excluding hydrogens is 235 g/mol. The summed E-state index contributed by atoms with van der Waals surface area (Å²) in [4.78, 5) is 0. The minimum atomic E-state index is -5.76. The average molecular weight is 237 g/mol. The lowest BCUT2D eigenvalue weighted by molar-refractivity contribution is -0.297. The van der Waals surface area contributed by atoms with E-state index < -0.39 is 29.8 Å². The summed E-state index contributed by atoms with van der Waals surface area (Å²) in [7, 11) is 0. The number of hydrogen-bond donors (Lipinski definition) is 0. The van der Waals surface area contributed by atoms with Crippen LogP contribution >= 0.6 is 11.6 Å². The topological polar surface area (TPSA) is 38.9 Å². The van der Waals surface area contributed by atoms with Gasteiger partial charge in [0.25, 0.3) is 5.89 Å². The predicted octanol–water partition coefficient (Wildman–Crippen LogP) is 2.46. The van der Waals surface area contributed by atoms with Crippen molar-refractivity contribution in [1.82, 2.24) is 10.2 Å². The fraction of sp³-hybridized carbons (Fsp3) is 0.600. The summed E-state index contributed by atoms with van der Waals surface area (Å²) in [6.45, 7) is 0. The van der Waals surface area contributed by atoms with Crippen molar-refractivity contribution in [3.05, 3.63) is 11.8 Å². The van der Waals surface area contributed by atoms with E-state index in [1.54, 1.807) is 0 Å². The molecule has 1 rings (SSSR count). The van der Waals surface area contributed by atoms with E-state index in [9.17, 15) is 22.0 Å². The van der Waals surface area contributed by atoms with E-state index >= 15 is 0 Å². The predicted molar refractivity (Wildman–Crippen MR) is 33.8 cm³/mol. The highest BCUT2D eigenvalue weighted by Crippen LogP contribution is 2.43. The van der Waals surface area contributed by atoms with Gasteiger partial charge in [0.2, 0.25) is 5.89 Å². The van der Waals surface area contributed by atoms with Gasteiger partial charge < -0.3 is 4.42 Å². The zero-order chi connectivity index (χ0) is 11.0. The molecule has 0 fully saturated rings. The maximum atomic E-state index is 12.4. The number of rotatable bonds is 2.